The summed E-state index contributed by atoms with van der Waals surface area (Å²) >= 11 is 13.1. The second-order valence-electron chi connectivity index (χ2n) is 7.91. The van der Waals surface area contributed by atoms with Crippen molar-refractivity contribution >= 4 is 46.6 Å². The van der Waals surface area contributed by atoms with Gasteiger partial charge in [0.05, 0.1) is 21.3 Å². The molecular formula is C29H20Cl2N2O2. The summed E-state index contributed by atoms with van der Waals surface area (Å²) in [5.41, 5.74) is 4.24. The molecule has 4 nitrogen and oxygen atoms in total. The largest absolute Gasteiger partial charge is 0.486 e. The number of hydrogen-bond donors (Lipinski definition) is 0. The van der Waals surface area contributed by atoms with Crippen LogP contribution >= 0.6 is 23.2 Å². The van der Waals surface area contributed by atoms with Crippen LogP contribution in [-0.2, 0) is 11.4 Å². The predicted octanol–water partition coefficient (Wildman–Crippen LogP) is 7.41. The second kappa shape index (κ2) is 10.2. The number of hydrazone groups is 1. The van der Waals surface area contributed by atoms with Crippen LogP contribution in [0.5, 0.6) is 5.75 Å². The van der Waals surface area contributed by atoms with Crippen LogP contribution < -0.4 is 9.75 Å². The Bertz CT molecular complexity index is 1400. The molecule has 35 heavy (non-hydrogen) atoms. The van der Waals surface area contributed by atoms with Crippen molar-refractivity contribution in [2.45, 2.75) is 6.61 Å². The molecule has 0 atom stereocenters. The first kappa shape index (κ1) is 22.9. The summed E-state index contributed by atoms with van der Waals surface area (Å²) < 4.78 is 5.88. The van der Waals surface area contributed by atoms with E-state index in [1.807, 2.05) is 91.0 Å². The number of nitrogens with zero attached hydrogens (tertiary/aromatic N) is 2. The van der Waals surface area contributed by atoms with Crippen LogP contribution in [0, 0.1) is 0 Å². The highest BCUT2D eigenvalue weighted by atomic mass is 35.5. The molecule has 0 radical (unpaired) electrons. The zero-order chi connectivity index (χ0) is 24.2. The molecule has 0 bridgehead atoms. The van der Waals surface area contributed by atoms with E-state index >= 15 is 0 Å². The molecule has 4 aromatic carbocycles. The highest BCUT2D eigenvalue weighted by Crippen LogP contribution is 2.36. The Morgan fingerprint density at radius 1 is 0.800 bits per heavy atom. The van der Waals surface area contributed by atoms with Crippen LogP contribution in [0.3, 0.4) is 0 Å². The minimum absolute atomic E-state index is 0.230. The van der Waals surface area contributed by atoms with Crippen molar-refractivity contribution in [2.75, 3.05) is 5.01 Å². The summed E-state index contributed by atoms with van der Waals surface area (Å²) in [7, 11) is 0. The predicted molar refractivity (Wildman–Crippen MR) is 142 cm³/mol. The lowest BCUT2D eigenvalue weighted by atomic mass is 10.00. The van der Waals surface area contributed by atoms with Gasteiger partial charge in [-0.2, -0.15) is 10.1 Å². The van der Waals surface area contributed by atoms with Crippen molar-refractivity contribution < 1.29 is 9.53 Å². The van der Waals surface area contributed by atoms with Gasteiger partial charge in [-0.15, -0.1) is 0 Å². The van der Waals surface area contributed by atoms with E-state index in [0.29, 0.717) is 44.9 Å². The Balaban J connectivity index is 1.49. The lowest BCUT2D eigenvalue weighted by molar-refractivity contribution is -0.114. The fraction of sp³-hybridized carbons (Fsp3) is 0.0345. The number of carbonyl (C=O) groups is 1. The van der Waals surface area contributed by atoms with Crippen LogP contribution in [0.4, 0.5) is 5.69 Å². The van der Waals surface area contributed by atoms with Crippen molar-refractivity contribution in [3.05, 3.63) is 135 Å². The number of hydrogen-bond acceptors (Lipinski definition) is 3. The van der Waals surface area contributed by atoms with E-state index in [0.717, 1.165) is 11.1 Å². The van der Waals surface area contributed by atoms with Gasteiger partial charge < -0.3 is 4.74 Å². The molecule has 0 spiro atoms. The van der Waals surface area contributed by atoms with E-state index in [2.05, 4.69) is 5.10 Å². The number of ether oxygens (including phenoxy) is 1. The van der Waals surface area contributed by atoms with Gasteiger partial charge in [-0.1, -0.05) is 102 Å². The van der Waals surface area contributed by atoms with Crippen LogP contribution in [0.2, 0.25) is 10.0 Å². The zero-order valence-electron chi connectivity index (χ0n) is 18.6. The molecule has 4 aromatic rings. The average Bonchev–Trinajstić information content (AvgIpc) is 3.21. The van der Waals surface area contributed by atoms with E-state index < -0.39 is 0 Å². The zero-order valence-corrected chi connectivity index (χ0v) is 20.1. The molecule has 0 N–H and O–H groups in total. The fourth-order valence-corrected chi connectivity index (χ4v) is 4.41. The maximum absolute atomic E-state index is 13.4. The normalized spacial score (nSPS) is 14.3. The summed E-state index contributed by atoms with van der Waals surface area (Å²) in [5.74, 6) is 0.173. The van der Waals surface area contributed by atoms with Crippen molar-refractivity contribution in [1.29, 1.82) is 0 Å². The maximum atomic E-state index is 13.4. The SMILES string of the molecule is O=C1/C(=C\c2cc(Cl)c(OCc3ccccc3)c(Cl)c2)C(c2ccccc2)=NN1c1ccccc1. The Morgan fingerprint density at radius 2 is 1.37 bits per heavy atom. The number of amides is 1. The highest BCUT2D eigenvalue weighted by Gasteiger charge is 2.32. The minimum atomic E-state index is -0.230. The Kier molecular flexibility index (Phi) is 6.66. The van der Waals surface area contributed by atoms with Gasteiger partial charge in [-0.05, 0) is 41.5 Å². The summed E-state index contributed by atoms with van der Waals surface area (Å²) in [5, 5.41) is 6.79. The van der Waals surface area contributed by atoms with Crippen molar-refractivity contribution in [3.8, 4) is 5.75 Å². The van der Waals surface area contributed by atoms with Gasteiger partial charge >= 0.3 is 0 Å². The molecule has 5 rings (SSSR count). The standard InChI is InChI=1S/C29H20Cl2N2O2/c30-25-17-21(18-26(31)28(25)35-19-20-10-4-1-5-11-20)16-24-27(22-12-6-2-7-13-22)32-33(29(24)34)23-14-8-3-9-15-23/h1-18H,19H2/b24-16-. The number of anilines is 1. The Labute approximate surface area is 213 Å². The first-order chi connectivity index (χ1) is 17.1. The topological polar surface area (TPSA) is 41.9 Å². The molecule has 0 aromatic heterocycles. The highest BCUT2D eigenvalue weighted by molar-refractivity contribution is 6.39. The molecule has 0 aliphatic carbocycles. The lowest BCUT2D eigenvalue weighted by Crippen LogP contribution is -2.21. The molecule has 0 unspecified atom stereocenters. The molecule has 1 heterocycles. The minimum Gasteiger partial charge on any atom is -0.486 e. The summed E-state index contributed by atoms with van der Waals surface area (Å²) in [6.07, 6.45) is 1.76. The fourth-order valence-electron chi connectivity index (χ4n) is 3.80. The van der Waals surface area contributed by atoms with E-state index in [1.165, 1.54) is 5.01 Å². The maximum Gasteiger partial charge on any atom is 0.281 e. The number of para-hydroxylation sites is 1. The smallest absolute Gasteiger partial charge is 0.281 e. The number of carbonyl (C=O) groups excluding carboxylic acids is 1. The number of benzene rings is 4. The van der Waals surface area contributed by atoms with Crippen molar-refractivity contribution in [2.24, 2.45) is 5.10 Å². The van der Waals surface area contributed by atoms with Crippen LogP contribution in [-0.4, -0.2) is 11.6 Å². The number of rotatable bonds is 6. The van der Waals surface area contributed by atoms with E-state index in [4.69, 9.17) is 27.9 Å². The van der Waals surface area contributed by atoms with Gasteiger partial charge in [0, 0.05) is 5.56 Å². The van der Waals surface area contributed by atoms with Gasteiger partial charge in [0.15, 0.2) is 5.75 Å². The van der Waals surface area contributed by atoms with Crippen LogP contribution in [0.1, 0.15) is 16.7 Å². The third-order valence-corrected chi connectivity index (χ3v) is 6.05. The summed E-state index contributed by atoms with van der Waals surface area (Å²) in [6.45, 7) is 0.343. The molecule has 0 saturated carbocycles. The first-order valence-corrected chi connectivity index (χ1v) is 11.8. The average molecular weight is 499 g/mol. The molecule has 0 saturated heterocycles. The third-order valence-electron chi connectivity index (χ3n) is 5.48. The summed E-state index contributed by atoms with van der Waals surface area (Å²) in [4.78, 5) is 13.4. The first-order valence-electron chi connectivity index (χ1n) is 11.0. The van der Waals surface area contributed by atoms with Gasteiger partial charge in [0.1, 0.15) is 12.3 Å². The van der Waals surface area contributed by atoms with Crippen molar-refractivity contribution in [1.82, 2.24) is 0 Å². The van der Waals surface area contributed by atoms with E-state index in [9.17, 15) is 4.79 Å². The summed E-state index contributed by atoms with van der Waals surface area (Å²) in [6, 6.07) is 32.2. The molecule has 0 fully saturated rings. The quantitative estimate of drug-likeness (QED) is 0.259. The molecule has 172 valence electrons. The monoisotopic (exact) mass is 498 g/mol. The van der Waals surface area contributed by atoms with Gasteiger partial charge in [0.25, 0.3) is 5.91 Å². The molecule has 1 amide bonds. The number of halogens is 2. The molecule has 1 aliphatic heterocycles. The van der Waals surface area contributed by atoms with Gasteiger partial charge in [-0.25, -0.2) is 0 Å². The Hall–Kier alpha value is -3.86. The molecule has 6 heteroatoms. The van der Waals surface area contributed by atoms with Gasteiger partial charge in [0.2, 0.25) is 0 Å². The van der Waals surface area contributed by atoms with Crippen LogP contribution in [0.25, 0.3) is 6.08 Å². The van der Waals surface area contributed by atoms with Gasteiger partial charge in [-0.3, -0.25) is 4.79 Å². The molecular weight excluding hydrogens is 479 g/mol. The van der Waals surface area contributed by atoms with Crippen molar-refractivity contribution in [3.63, 3.8) is 0 Å². The second-order valence-corrected chi connectivity index (χ2v) is 8.73. The van der Waals surface area contributed by atoms with E-state index in [1.54, 1.807) is 18.2 Å². The van der Waals surface area contributed by atoms with Crippen LogP contribution in [0.15, 0.2) is 114 Å². The van der Waals surface area contributed by atoms with E-state index in [-0.39, 0.29) is 5.91 Å². The third kappa shape index (κ3) is 4.99. The molecule has 1 aliphatic rings. The Morgan fingerprint density at radius 3 is 2.00 bits per heavy atom. The lowest BCUT2D eigenvalue weighted by Gasteiger charge is -2.12.